The third-order valence-electron chi connectivity index (χ3n) is 10.5. The molecule has 5 unspecified atom stereocenters. The van der Waals surface area contributed by atoms with Crippen molar-refractivity contribution in [3.8, 4) is 0 Å². The van der Waals surface area contributed by atoms with Gasteiger partial charge in [0.05, 0.1) is 0 Å². The first-order valence-corrected chi connectivity index (χ1v) is 12.6. The van der Waals surface area contributed by atoms with Gasteiger partial charge in [0.1, 0.15) is 0 Å². The number of fused-ring (bicyclic) bond motifs is 3. The van der Waals surface area contributed by atoms with Crippen LogP contribution < -0.4 is 0 Å². The molecule has 4 fully saturated rings. The van der Waals surface area contributed by atoms with Gasteiger partial charge in [-0.15, -0.1) is 0 Å². The Balaban J connectivity index is -0.000000499. The summed E-state index contributed by atoms with van der Waals surface area (Å²) in [6.45, 7) is 19.5. The Hall–Kier alpha value is 0.883. The van der Waals surface area contributed by atoms with Crippen LogP contribution >= 0.6 is 0 Å². The van der Waals surface area contributed by atoms with Crippen LogP contribution in [0, 0.1) is 94.3 Å². The van der Waals surface area contributed by atoms with Gasteiger partial charge in [-0.25, -0.2) is 0 Å². The summed E-state index contributed by atoms with van der Waals surface area (Å²) in [5.74, 6) is 10.2. The Morgan fingerprint density at radius 2 is 0.875 bits per heavy atom. The molecule has 0 nitrogen and oxygen atoms in total. The Bertz CT molecular complexity index is 433. The first-order valence-electron chi connectivity index (χ1n) is 12.6. The third kappa shape index (κ3) is 7.69. The molecule has 0 saturated heterocycles. The molecule has 4 saturated carbocycles. The molecule has 0 aromatic rings. The number of hydrogen-bond donors (Lipinski definition) is 0. The Morgan fingerprint density at radius 1 is 0.500 bits per heavy atom. The van der Waals surface area contributed by atoms with Crippen molar-refractivity contribution in [2.45, 2.75) is 107 Å². The van der Waals surface area contributed by atoms with Gasteiger partial charge in [0.15, 0.2) is 0 Å². The van der Waals surface area contributed by atoms with Crippen molar-refractivity contribution < 1.29 is 26.2 Å². The zero-order valence-electron chi connectivity index (χ0n) is 24.4. The number of hydrogen-bond acceptors (Lipinski definition) is 0. The summed E-state index contributed by atoms with van der Waals surface area (Å²) in [6.07, 6.45) is 12.4. The SMILES string of the molecule is CC(C)(C)C1CCC2CCC3CCCCC3C21.CC1C(C)C(C)C(C)C1C.[CH3-].[CH3-].[CH3-].[CH3-].[Zr+4]. The fourth-order valence-electron chi connectivity index (χ4n) is 8.03. The first-order chi connectivity index (χ1) is 12.6. The van der Waals surface area contributed by atoms with Crippen molar-refractivity contribution in [1.29, 1.82) is 0 Å². The molecule has 0 spiro atoms. The minimum Gasteiger partial charge on any atom is -0.358 e. The second-order valence-electron chi connectivity index (χ2n) is 12.5. The molecule has 0 radical (unpaired) electrons. The van der Waals surface area contributed by atoms with E-state index in [0.29, 0.717) is 5.41 Å². The Morgan fingerprint density at radius 3 is 1.31 bits per heavy atom. The predicted molar refractivity (Wildman–Crippen MR) is 145 cm³/mol. The molecular formula is C31H62Zr. The van der Waals surface area contributed by atoms with E-state index in [1.807, 2.05) is 0 Å². The van der Waals surface area contributed by atoms with E-state index < -0.39 is 0 Å². The molecule has 1 heteroatoms. The zero-order chi connectivity index (χ0) is 19.9. The molecule has 0 aromatic carbocycles. The van der Waals surface area contributed by atoms with Gasteiger partial charge >= 0.3 is 26.2 Å². The molecule has 5 atom stereocenters. The fourth-order valence-corrected chi connectivity index (χ4v) is 8.03. The summed E-state index contributed by atoms with van der Waals surface area (Å²) in [7, 11) is 0. The molecule has 0 N–H and O–H groups in total. The summed E-state index contributed by atoms with van der Waals surface area (Å²) in [5.41, 5.74) is 0.554. The van der Waals surface area contributed by atoms with Crippen molar-refractivity contribution in [3.63, 3.8) is 0 Å². The molecule has 0 aliphatic heterocycles. The number of rotatable bonds is 0. The van der Waals surface area contributed by atoms with E-state index in [1.165, 1.54) is 19.3 Å². The molecule has 0 amide bonds. The van der Waals surface area contributed by atoms with Gasteiger partial charge in [0, 0.05) is 0 Å². The van der Waals surface area contributed by atoms with Crippen LogP contribution in [0.15, 0.2) is 0 Å². The van der Waals surface area contributed by atoms with Crippen LogP contribution in [0.2, 0.25) is 0 Å². The second kappa shape index (κ2) is 15.1. The minimum absolute atomic E-state index is 0. The van der Waals surface area contributed by atoms with Crippen LogP contribution in [0.3, 0.4) is 0 Å². The van der Waals surface area contributed by atoms with Gasteiger partial charge in [-0.3, -0.25) is 0 Å². The van der Waals surface area contributed by atoms with Gasteiger partial charge in [-0.2, -0.15) is 0 Å². The van der Waals surface area contributed by atoms with E-state index in [9.17, 15) is 0 Å². The average Bonchev–Trinajstić information content (AvgIpc) is 3.16. The van der Waals surface area contributed by atoms with Crippen LogP contribution in [0.4, 0.5) is 0 Å². The monoisotopic (exact) mass is 524 g/mol. The average molecular weight is 526 g/mol. The minimum atomic E-state index is 0. The molecule has 32 heavy (non-hydrogen) atoms. The molecule has 4 rings (SSSR count). The smallest absolute Gasteiger partial charge is 0.358 e. The summed E-state index contributed by atoms with van der Waals surface area (Å²) in [5, 5.41) is 0. The van der Waals surface area contributed by atoms with E-state index in [4.69, 9.17) is 0 Å². The van der Waals surface area contributed by atoms with E-state index in [-0.39, 0.29) is 55.9 Å². The summed E-state index contributed by atoms with van der Waals surface area (Å²) < 4.78 is 0. The Kier molecular flexibility index (Phi) is 17.7. The van der Waals surface area contributed by atoms with E-state index in [1.54, 1.807) is 32.1 Å². The predicted octanol–water partition coefficient (Wildman–Crippen LogP) is 10.3. The van der Waals surface area contributed by atoms with Crippen LogP contribution in [0.1, 0.15) is 107 Å². The van der Waals surface area contributed by atoms with Crippen molar-refractivity contribution in [1.82, 2.24) is 0 Å². The quantitative estimate of drug-likeness (QED) is 0.276. The van der Waals surface area contributed by atoms with Crippen LogP contribution in [-0.4, -0.2) is 0 Å². The normalized spacial score (nSPS) is 42.0. The largest absolute Gasteiger partial charge is 4.00 e. The van der Waals surface area contributed by atoms with Crippen LogP contribution in [0.5, 0.6) is 0 Å². The molecule has 0 bridgehead atoms. The third-order valence-corrected chi connectivity index (χ3v) is 10.5. The summed E-state index contributed by atoms with van der Waals surface area (Å²) in [4.78, 5) is 0. The van der Waals surface area contributed by atoms with Crippen molar-refractivity contribution in [2.24, 2.45) is 64.6 Å². The maximum atomic E-state index is 2.49. The van der Waals surface area contributed by atoms with Crippen molar-refractivity contribution >= 4 is 0 Å². The van der Waals surface area contributed by atoms with Crippen LogP contribution in [-0.2, 0) is 26.2 Å². The molecular weight excluding hydrogens is 464 g/mol. The van der Waals surface area contributed by atoms with Gasteiger partial charge in [-0.05, 0) is 96.7 Å². The van der Waals surface area contributed by atoms with E-state index in [0.717, 1.165) is 59.2 Å². The van der Waals surface area contributed by atoms with Crippen molar-refractivity contribution in [2.75, 3.05) is 0 Å². The van der Waals surface area contributed by atoms with Gasteiger partial charge in [0.2, 0.25) is 0 Å². The van der Waals surface area contributed by atoms with Crippen molar-refractivity contribution in [3.05, 3.63) is 29.7 Å². The van der Waals surface area contributed by atoms with E-state index in [2.05, 4.69) is 55.4 Å². The molecule has 4 aliphatic carbocycles. The van der Waals surface area contributed by atoms with Crippen LogP contribution in [0.25, 0.3) is 0 Å². The molecule has 0 aromatic heterocycles. The first kappa shape index (κ1) is 37.4. The molecule has 4 aliphatic rings. The summed E-state index contributed by atoms with van der Waals surface area (Å²) >= 11 is 0. The second-order valence-corrected chi connectivity index (χ2v) is 12.5. The topological polar surface area (TPSA) is 0 Å². The Labute approximate surface area is 226 Å². The fraction of sp³-hybridized carbons (Fsp3) is 0.871. The standard InChI is InChI=1S/C17H30.C10H20.4CH3.Zr/c1-17(2,3)15-11-10-13-9-8-12-6-4-5-7-14(12)16(13)15;1-6-7(2)9(4)10(5)8(6)3;;;;;/h12-16H,4-11H2,1-3H3;6-10H,1-5H3;4*1H3;/q;;4*-1;+4. The van der Waals surface area contributed by atoms with Gasteiger partial charge in [0.25, 0.3) is 0 Å². The van der Waals surface area contributed by atoms with Gasteiger partial charge in [-0.1, -0.05) is 74.7 Å². The maximum Gasteiger partial charge on any atom is 4.00 e. The van der Waals surface area contributed by atoms with E-state index >= 15 is 0 Å². The molecule has 0 heterocycles. The zero-order valence-corrected chi connectivity index (χ0v) is 26.9. The summed E-state index contributed by atoms with van der Waals surface area (Å²) in [6, 6.07) is 0. The maximum absolute atomic E-state index is 2.49. The molecule has 190 valence electrons. The van der Waals surface area contributed by atoms with Gasteiger partial charge < -0.3 is 29.7 Å².